The molecular weight excluding hydrogens is 328 g/mol. The number of aryl methyl sites for hydroxylation is 1. The van der Waals surface area contributed by atoms with Crippen molar-refractivity contribution in [2.75, 3.05) is 11.9 Å². The summed E-state index contributed by atoms with van der Waals surface area (Å²) in [6, 6.07) is 11.1. The molecule has 0 spiro atoms. The number of hydrogen-bond donors (Lipinski definition) is 1. The molecule has 0 unspecified atom stereocenters. The van der Waals surface area contributed by atoms with Crippen LogP contribution in [0, 0.1) is 18.3 Å². The van der Waals surface area contributed by atoms with E-state index in [2.05, 4.69) is 21.5 Å². The summed E-state index contributed by atoms with van der Waals surface area (Å²) in [6.45, 7) is 3.17. The molecule has 1 N–H and O–H groups in total. The van der Waals surface area contributed by atoms with Crippen molar-refractivity contribution in [3.63, 3.8) is 0 Å². The number of carbonyl (C=O) groups is 1. The maximum atomic E-state index is 12.7. The van der Waals surface area contributed by atoms with Gasteiger partial charge in [0.25, 0.3) is 0 Å². The minimum atomic E-state index is -0.290. The first-order chi connectivity index (χ1) is 12.6. The molecule has 1 amide bonds. The van der Waals surface area contributed by atoms with Crippen LogP contribution in [0.1, 0.15) is 23.2 Å². The Labute approximate surface area is 150 Å². The fourth-order valence-corrected chi connectivity index (χ4v) is 3.26. The molecule has 3 aromatic rings. The highest BCUT2D eigenvalue weighted by molar-refractivity contribution is 5.87. The lowest BCUT2D eigenvalue weighted by atomic mass is 10.1. The number of aromatic nitrogens is 3. The quantitative estimate of drug-likeness (QED) is 0.782. The first-order valence-electron chi connectivity index (χ1n) is 8.49. The molecule has 1 aliphatic rings. The predicted octanol–water partition coefficient (Wildman–Crippen LogP) is 2.12. The summed E-state index contributed by atoms with van der Waals surface area (Å²) in [6.07, 6.45) is 4.20. The summed E-state index contributed by atoms with van der Waals surface area (Å²) in [7, 11) is 0. The van der Waals surface area contributed by atoms with Crippen LogP contribution in [0.25, 0.3) is 5.52 Å². The molecule has 130 valence electrons. The number of benzene rings is 1. The van der Waals surface area contributed by atoms with Gasteiger partial charge in [-0.05, 0) is 37.1 Å². The average molecular weight is 346 g/mol. The van der Waals surface area contributed by atoms with E-state index >= 15 is 0 Å². The first kappa shape index (κ1) is 16.1. The maximum Gasteiger partial charge on any atom is 0.245 e. The van der Waals surface area contributed by atoms with Gasteiger partial charge >= 0.3 is 0 Å². The Balaban J connectivity index is 1.47. The van der Waals surface area contributed by atoms with Gasteiger partial charge in [0, 0.05) is 25.5 Å². The second-order valence-corrected chi connectivity index (χ2v) is 6.45. The monoisotopic (exact) mass is 346 g/mol. The summed E-state index contributed by atoms with van der Waals surface area (Å²) in [5.41, 5.74) is 3.41. The van der Waals surface area contributed by atoms with Crippen LogP contribution in [-0.2, 0) is 11.3 Å². The number of amides is 1. The third-order valence-corrected chi connectivity index (χ3v) is 4.58. The molecule has 0 radical (unpaired) electrons. The number of anilines is 1. The van der Waals surface area contributed by atoms with Crippen molar-refractivity contribution in [2.24, 2.45) is 0 Å². The van der Waals surface area contributed by atoms with Crippen LogP contribution in [0.5, 0.6) is 0 Å². The highest BCUT2D eigenvalue weighted by Crippen LogP contribution is 2.21. The zero-order valence-electron chi connectivity index (χ0n) is 14.4. The van der Waals surface area contributed by atoms with Crippen molar-refractivity contribution < 1.29 is 4.79 Å². The largest absolute Gasteiger partial charge is 0.357 e. The lowest BCUT2D eigenvalue weighted by molar-refractivity contribution is -0.128. The second kappa shape index (κ2) is 6.48. The summed E-state index contributed by atoms with van der Waals surface area (Å²) in [4.78, 5) is 18.9. The lowest BCUT2D eigenvalue weighted by Gasteiger charge is -2.17. The Bertz CT molecular complexity index is 1000. The first-order valence-corrected chi connectivity index (χ1v) is 8.49. The van der Waals surface area contributed by atoms with Gasteiger partial charge in [0.15, 0.2) is 5.82 Å². The zero-order valence-corrected chi connectivity index (χ0v) is 14.4. The highest BCUT2D eigenvalue weighted by atomic mass is 16.2. The normalized spacial score (nSPS) is 16.8. The molecule has 0 saturated carbocycles. The van der Waals surface area contributed by atoms with Crippen LogP contribution >= 0.6 is 0 Å². The van der Waals surface area contributed by atoms with Gasteiger partial charge in [-0.1, -0.05) is 12.1 Å². The Morgan fingerprint density at radius 3 is 2.92 bits per heavy atom. The van der Waals surface area contributed by atoms with Crippen molar-refractivity contribution in [3.05, 3.63) is 59.5 Å². The average Bonchev–Trinajstić information content (AvgIpc) is 3.19. The number of rotatable bonds is 4. The number of carbonyl (C=O) groups excluding carboxylic acids is 1. The van der Waals surface area contributed by atoms with E-state index in [1.54, 1.807) is 29.0 Å². The molecule has 7 nitrogen and oxygen atoms in total. The van der Waals surface area contributed by atoms with Crippen molar-refractivity contribution >= 4 is 17.2 Å². The molecule has 4 rings (SSSR count). The van der Waals surface area contributed by atoms with E-state index in [1.807, 2.05) is 30.0 Å². The molecule has 2 aromatic heterocycles. The summed E-state index contributed by atoms with van der Waals surface area (Å²) in [5, 5.41) is 16.5. The fraction of sp³-hybridized carbons (Fsp3) is 0.263. The van der Waals surface area contributed by atoms with Crippen LogP contribution in [0.2, 0.25) is 0 Å². The zero-order chi connectivity index (χ0) is 18.1. The topological polar surface area (TPSA) is 86.3 Å². The summed E-state index contributed by atoms with van der Waals surface area (Å²) < 4.78 is 1.76. The van der Waals surface area contributed by atoms with Crippen molar-refractivity contribution in [2.45, 2.75) is 25.9 Å². The van der Waals surface area contributed by atoms with E-state index in [0.29, 0.717) is 24.5 Å². The number of nitrogens with zero attached hydrogens (tertiary/aromatic N) is 5. The molecule has 1 fully saturated rings. The number of nitrogens with one attached hydrogen (secondary N) is 1. The molecule has 26 heavy (non-hydrogen) atoms. The van der Waals surface area contributed by atoms with E-state index in [9.17, 15) is 4.79 Å². The van der Waals surface area contributed by atoms with Gasteiger partial charge < -0.3 is 10.2 Å². The molecule has 1 aromatic carbocycles. The van der Waals surface area contributed by atoms with E-state index in [4.69, 9.17) is 5.26 Å². The third kappa shape index (κ3) is 2.97. The molecular formula is C19H18N6O. The highest BCUT2D eigenvalue weighted by Gasteiger charge is 2.32. The van der Waals surface area contributed by atoms with Gasteiger partial charge in [0.05, 0.1) is 17.3 Å². The molecule has 0 aliphatic carbocycles. The smallest absolute Gasteiger partial charge is 0.245 e. The van der Waals surface area contributed by atoms with Crippen LogP contribution in [0.3, 0.4) is 0 Å². The van der Waals surface area contributed by atoms with Gasteiger partial charge in [-0.3, -0.25) is 4.79 Å². The maximum absolute atomic E-state index is 12.7. The van der Waals surface area contributed by atoms with E-state index in [0.717, 1.165) is 23.2 Å². The Morgan fingerprint density at radius 2 is 2.15 bits per heavy atom. The molecule has 1 atom stereocenters. The molecule has 1 saturated heterocycles. The number of hydrogen-bond acceptors (Lipinski definition) is 5. The van der Waals surface area contributed by atoms with Gasteiger partial charge in [0.1, 0.15) is 11.6 Å². The van der Waals surface area contributed by atoms with E-state index < -0.39 is 0 Å². The standard InChI is InChI=1S/C19H18N6O/c1-13-10-17-18(21-7-9-25(17)23-13)22-16-6-8-24(19(16)26)12-15-4-2-14(11-20)3-5-15/h2-5,7,9-10,16H,6,8,12H2,1H3,(H,21,22)/t16-/m1/s1. The van der Waals surface area contributed by atoms with Crippen molar-refractivity contribution in [3.8, 4) is 6.07 Å². The predicted molar refractivity (Wildman–Crippen MR) is 96.3 cm³/mol. The minimum Gasteiger partial charge on any atom is -0.357 e. The molecule has 0 bridgehead atoms. The van der Waals surface area contributed by atoms with Crippen LogP contribution in [0.15, 0.2) is 42.7 Å². The molecule has 7 heteroatoms. The van der Waals surface area contributed by atoms with Crippen molar-refractivity contribution in [1.82, 2.24) is 19.5 Å². The fourth-order valence-electron chi connectivity index (χ4n) is 3.26. The minimum absolute atomic E-state index is 0.0643. The van der Waals surface area contributed by atoms with Crippen LogP contribution < -0.4 is 5.32 Å². The van der Waals surface area contributed by atoms with Crippen molar-refractivity contribution in [1.29, 1.82) is 5.26 Å². The van der Waals surface area contributed by atoms with Gasteiger partial charge in [-0.25, -0.2) is 9.50 Å². The number of likely N-dealkylation sites (tertiary alicyclic amines) is 1. The van der Waals surface area contributed by atoms with E-state index in [-0.39, 0.29) is 11.9 Å². The van der Waals surface area contributed by atoms with E-state index in [1.165, 1.54) is 0 Å². The third-order valence-electron chi connectivity index (χ3n) is 4.58. The van der Waals surface area contributed by atoms with Crippen LogP contribution in [0.4, 0.5) is 5.82 Å². The van der Waals surface area contributed by atoms with Gasteiger partial charge in [0.2, 0.25) is 5.91 Å². The molecule has 1 aliphatic heterocycles. The van der Waals surface area contributed by atoms with Crippen LogP contribution in [-0.4, -0.2) is 38.0 Å². The summed E-state index contributed by atoms with van der Waals surface area (Å²) >= 11 is 0. The summed E-state index contributed by atoms with van der Waals surface area (Å²) in [5.74, 6) is 0.737. The SMILES string of the molecule is Cc1cc2c(N[C@@H]3CCN(Cc4ccc(C#N)cc4)C3=O)nccn2n1. The Kier molecular flexibility index (Phi) is 4.01. The van der Waals surface area contributed by atoms with Gasteiger partial charge in [-0.15, -0.1) is 0 Å². The number of nitriles is 1. The molecule has 3 heterocycles. The second-order valence-electron chi connectivity index (χ2n) is 6.45. The van der Waals surface area contributed by atoms with Gasteiger partial charge in [-0.2, -0.15) is 10.4 Å². The Hall–Kier alpha value is -3.40. The number of fused-ring (bicyclic) bond motifs is 1. The lowest BCUT2D eigenvalue weighted by Crippen LogP contribution is -2.33. The Morgan fingerprint density at radius 1 is 1.35 bits per heavy atom.